The second-order valence-corrected chi connectivity index (χ2v) is 5.74. The number of aliphatic carboxylic acids is 1. The highest BCUT2D eigenvalue weighted by Crippen LogP contribution is 2.25. The predicted octanol–water partition coefficient (Wildman–Crippen LogP) is 3.03. The summed E-state index contributed by atoms with van der Waals surface area (Å²) in [6.07, 6.45) is 0. The van der Waals surface area contributed by atoms with Crippen molar-refractivity contribution in [2.75, 3.05) is 13.1 Å². The number of aromatic nitrogens is 2. The molecule has 23 heavy (non-hydrogen) atoms. The van der Waals surface area contributed by atoms with Gasteiger partial charge in [-0.05, 0) is 38.1 Å². The van der Waals surface area contributed by atoms with Crippen LogP contribution < -0.4 is 0 Å². The van der Waals surface area contributed by atoms with E-state index in [1.807, 2.05) is 0 Å². The second kappa shape index (κ2) is 7.02. The topological polar surface area (TPSA) is 75.4 Å². The monoisotopic (exact) mass is 355 g/mol. The maximum absolute atomic E-state index is 12.4. The van der Waals surface area contributed by atoms with E-state index in [-0.39, 0.29) is 18.8 Å². The average Bonchev–Trinajstić information content (AvgIpc) is 2.85. The molecule has 0 bridgehead atoms. The number of benzene rings is 1. The Bertz CT molecular complexity index is 758. The summed E-state index contributed by atoms with van der Waals surface area (Å²) < 4.78 is 1.53. The van der Waals surface area contributed by atoms with Crippen LogP contribution in [0, 0.1) is 6.92 Å². The van der Waals surface area contributed by atoms with Gasteiger partial charge in [-0.15, -0.1) is 0 Å². The number of carbonyl (C=O) groups is 2. The lowest BCUT2D eigenvalue weighted by molar-refractivity contribution is -0.137. The van der Waals surface area contributed by atoms with Gasteiger partial charge in [0.1, 0.15) is 6.54 Å². The van der Waals surface area contributed by atoms with Gasteiger partial charge in [-0.25, -0.2) is 4.68 Å². The van der Waals surface area contributed by atoms with E-state index < -0.39 is 11.9 Å². The molecule has 0 spiro atoms. The molecule has 0 atom stereocenters. The number of likely N-dealkylation sites (N-methyl/N-ethyl adjacent to an activating group) is 1. The van der Waals surface area contributed by atoms with Crippen molar-refractivity contribution in [3.8, 4) is 5.69 Å². The molecule has 6 nitrogen and oxygen atoms in total. The van der Waals surface area contributed by atoms with Gasteiger partial charge in [-0.3, -0.25) is 9.59 Å². The molecule has 0 saturated heterocycles. The Balaban J connectivity index is 2.37. The molecule has 2 aromatic rings. The number of halogens is 2. The molecule has 1 N–H and O–H groups in total. The lowest BCUT2D eigenvalue weighted by Gasteiger charge is -2.16. The molecule has 0 saturated carbocycles. The highest BCUT2D eigenvalue weighted by Gasteiger charge is 2.21. The van der Waals surface area contributed by atoms with Gasteiger partial charge in [0.15, 0.2) is 5.69 Å². The Morgan fingerprint density at radius 2 is 2.00 bits per heavy atom. The highest BCUT2D eigenvalue weighted by molar-refractivity contribution is 6.35. The molecule has 0 aliphatic heterocycles. The zero-order valence-corrected chi connectivity index (χ0v) is 14.1. The summed E-state index contributed by atoms with van der Waals surface area (Å²) in [6, 6.07) is 6.56. The number of carboxylic acid groups (broad SMARTS) is 1. The number of carboxylic acids is 1. The van der Waals surface area contributed by atoms with Crippen molar-refractivity contribution in [3.05, 3.63) is 45.7 Å². The number of hydrogen-bond donors (Lipinski definition) is 1. The van der Waals surface area contributed by atoms with Gasteiger partial charge < -0.3 is 10.0 Å². The minimum atomic E-state index is -1.07. The van der Waals surface area contributed by atoms with Crippen LogP contribution in [-0.4, -0.2) is 44.8 Å². The molecule has 1 aromatic heterocycles. The quantitative estimate of drug-likeness (QED) is 0.894. The fourth-order valence-electron chi connectivity index (χ4n) is 2.13. The van der Waals surface area contributed by atoms with Gasteiger partial charge in [0, 0.05) is 17.3 Å². The van der Waals surface area contributed by atoms with E-state index in [4.69, 9.17) is 28.3 Å². The number of rotatable bonds is 5. The molecule has 0 aliphatic rings. The third kappa shape index (κ3) is 3.83. The smallest absolute Gasteiger partial charge is 0.323 e. The zero-order chi connectivity index (χ0) is 17.1. The molecule has 1 heterocycles. The maximum atomic E-state index is 12.4. The van der Waals surface area contributed by atoms with Crippen molar-refractivity contribution in [1.29, 1.82) is 0 Å². The molecule has 0 aliphatic carbocycles. The van der Waals surface area contributed by atoms with Crippen LogP contribution in [0.1, 0.15) is 23.1 Å². The van der Waals surface area contributed by atoms with E-state index in [0.29, 0.717) is 21.4 Å². The van der Waals surface area contributed by atoms with E-state index >= 15 is 0 Å². The summed E-state index contributed by atoms with van der Waals surface area (Å²) in [7, 11) is 0. The van der Waals surface area contributed by atoms with Crippen LogP contribution in [0.15, 0.2) is 24.3 Å². The summed E-state index contributed by atoms with van der Waals surface area (Å²) >= 11 is 12.0. The van der Waals surface area contributed by atoms with E-state index in [1.165, 1.54) is 9.58 Å². The van der Waals surface area contributed by atoms with E-state index in [2.05, 4.69) is 5.10 Å². The molecule has 122 valence electrons. The summed E-state index contributed by atoms with van der Waals surface area (Å²) in [4.78, 5) is 24.4. The fourth-order valence-corrected chi connectivity index (χ4v) is 2.62. The van der Waals surface area contributed by atoms with Crippen molar-refractivity contribution in [2.24, 2.45) is 0 Å². The standard InChI is InChI=1S/C15H15Cl2N3O3/c1-3-19(8-14(21)22)15(23)12-6-9(2)20(18-12)13-5-4-10(16)7-11(13)17/h4-7H,3,8H2,1-2H3,(H,21,22). The van der Waals surface area contributed by atoms with Crippen LogP contribution in [0.25, 0.3) is 5.69 Å². The first-order chi connectivity index (χ1) is 10.8. The van der Waals surface area contributed by atoms with Gasteiger partial charge >= 0.3 is 5.97 Å². The fraction of sp³-hybridized carbons (Fsp3) is 0.267. The summed E-state index contributed by atoms with van der Waals surface area (Å²) in [5, 5.41) is 14.0. The summed E-state index contributed by atoms with van der Waals surface area (Å²) in [6.45, 7) is 3.39. The van der Waals surface area contributed by atoms with Crippen LogP contribution in [0.2, 0.25) is 10.0 Å². The Kier molecular flexibility index (Phi) is 5.28. The van der Waals surface area contributed by atoms with Crippen LogP contribution in [0.3, 0.4) is 0 Å². The van der Waals surface area contributed by atoms with Gasteiger partial charge in [0.05, 0.1) is 10.7 Å². The van der Waals surface area contributed by atoms with E-state index in [9.17, 15) is 9.59 Å². The molecule has 2 rings (SSSR count). The molecule has 1 amide bonds. The number of aryl methyl sites for hydroxylation is 1. The number of carbonyl (C=O) groups excluding carboxylic acids is 1. The second-order valence-electron chi connectivity index (χ2n) is 4.89. The average molecular weight is 356 g/mol. The minimum Gasteiger partial charge on any atom is -0.480 e. The summed E-state index contributed by atoms with van der Waals surface area (Å²) in [5.41, 5.74) is 1.45. The van der Waals surface area contributed by atoms with Crippen LogP contribution in [-0.2, 0) is 4.79 Å². The third-order valence-corrected chi connectivity index (χ3v) is 3.78. The molecule has 1 aromatic carbocycles. The first-order valence-corrected chi connectivity index (χ1v) is 7.62. The van der Waals surface area contributed by atoms with Gasteiger partial charge in [-0.1, -0.05) is 23.2 Å². The maximum Gasteiger partial charge on any atom is 0.323 e. The van der Waals surface area contributed by atoms with Crippen molar-refractivity contribution >= 4 is 35.1 Å². The summed E-state index contributed by atoms with van der Waals surface area (Å²) in [5.74, 6) is -1.51. The van der Waals surface area contributed by atoms with E-state index in [1.54, 1.807) is 38.1 Å². The molecule has 0 radical (unpaired) electrons. The normalized spacial score (nSPS) is 10.6. The molecule has 0 fully saturated rings. The number of nitrogens with zero attached hydrogens (tertiary/aromatic N) is 3. The highest BCUT2D eigenvalue weighted by atomic mass is 35.5. The molecule has 8 heteroatoms. The number of hydrogen-bond acceptors (Lipinski definition) is 3. The van der Waals surface area contributed by atoms with Crippen LogP contribution >= 0.6 is 23.2 Å². The molecular formula is C15H15Cl2N3O3. The van der Waals surface area contributed by atoms with Crippen molar-refractivity contribution in [1.82, 2.24) is 14.7 Å². The molecule has 0 unspecified atom stereocenters. The predicted molar refractivity (Wildman–Crippen MR) is 87.5 cm³/mol. The third-order valence-electron chi connectivity index (χ3n) is 3.24. The van der Waals surface area contributed by atoms with Gasteiger partial charge in [-0.2, -0.15) is 5.10 Å². The lowest BCUT2D eigenvalue weighted by atomic mass is 10.3. The molecular weight excluding hydrogens is 341 g/mol. The number of amides is 1. The van der Waals surface area contributed by atoms with Crippen LogP contribution in [0.5, 0.6) is 0 Å². The Morgan fingerprint density at radius 3 is 2.57 bits per heavy atom. The Labute approximate surface area is 143 Å². The van der Waals surface area contributed by atoms with Crippen LogP contribution in [0.4, 0.5) is 0 Å². The minimum absolute atomic E-state index is 0.164. The van der Waals surface area contributed by atoms with Crippen molar-refractivity contribution < 1.29 is 14.7 Å². The lowest BCUT2D eigenvalue weighted by Crippen LogP contribution is -2.35. The van der Waals surface area contributed by atoms with Crippen molar-refractivity contribution in [2.45, 2.75) is 13.8 Å². The van der Waals surface area contributed by atoms with Crippen molar-refractivity contribution in [3.63, 3.8) is 0 Å². The largest absolute Gasteiger partial charge is 0.480 e. The van der Waals surface area contributed by atoms with Gasteiger partial charge in [0.2, 0.25) is 0 Å². The van der Waals surface area contributed by atoms with Gasteiger partial charge in [0.25, 0.3) is 5.91 Å². The Hall–Kier alpha value is -2.05. The first kappa shape index (κ1) is 17.3. The Morgan fingerprint density at radius 1 is 1.30 bits per heavy atom. The SMILES string of the molecule is CCN(CC(=O)O)C(=O)c1cc(C)n(-c2ccc(Cl)cc2Cl)n1. The first-order valence-electron chi connectivity index (χ1n) is 6.86. The van der Waals surface area contributed by atoms with E-state index in [0.717, 1.165) is 0 Å². The zero-order valence-electron chi connectivity index (χ0n) is 12.6.